The second-order valence-corrected chi connectivity index (χ2v) is 9.21. The maximum absolute atomic E-state index is 12.8. The van der Waals surface area contributed by atoms with E-state index in [4.69, 9.17) is 9.47 Å². The number of hydrazine groups is 1. The monoisotopic (exact) mass is 520 g/mol. The van der Waals surface area contributed by atoms with Crippen molar-refractivity contribution in [1.29, 1.82) is 0 Å². The van der Waals surface area contributed by atoms with Crippen LogP contribution < -0.4 is 15.8 Å². The Kier molecular flexibility index (Phi) is 9.36. The van der Waals surface area contributed by atoms with Crippen molar-refractivity contribution < 1.29 is 23.9 Å². The Bertz CT molecular complexity index is 993. The summed E-state index contributed by atoms with van der Waals surface area (Å²) < 4.78 is 11.0. The summed E-state index contributed by atoms with van der Waals surface area (Å²) in [6.07, 6.45) is 0.809. The second kappa shape index (κ2) is 11.8. The molecule has 1 atom stereocenters. The summed E-state index contributed by atoms with van der Waals surface area (Å²) in [5.74, 6) is -0.618. The van der Waals surface area contributed by atoms with Gasteiger partial charge in [-0.1, -0.05) is 28.1 Å². The van der Waals surface area contributed by atoms with E-state index in [0.29, 0.717) is 0 Å². The van der Waals surface area contributed by atoms with Gasteiger partial charge < -0.3 is 14.8 Å². The second-order valence-electron chi connectivity index (χ2n) is 8.30. The lowest BCUT2D eigenvalue weighted by Gasteiger charge is -2.27. The molecular formula is C23H29BrN4O5. The summed E-state index contributed by atoms with van der Waals surface area (Å²) in [6, 6.07) is 10.1. The van der Waals surface area contributed by atoms with E-state index in [1.165, 1.54) is 7.11 Å². The van der Waals surface area contributed by atoms with Gasteiger partial charge in [0.2, 0.25) is 5.91 Å². The molecule has 9 nitrogen and oxygen atoms in total. The smallest absolute Gasteiger partial charge is 0.430 e. The van der Waals surface area contributed by atoms with E-state index < -0.39 is 29.6 Å². The third-order valence-corrected chi connectivity index (χ3v) is 4.78. The van der Waals surface area contributed by atoms with Gasteiger partial charge in [-0.2, -0.15) is 5.01 Å². The number of esters is 1. The lowest BCUT2D eigenvalue weighted by atomic mass is 10.0. The van der Waals surface area contributed by atoms with Crippen molar-refractivity contribution in [1.82, 2.24) is 15.7 Å². The van der Waals surface area contributed by atoms with Gasteiger partial charge in [-0.05, 0) is 63.1 Å². The van der Waals surface area contributed by atoms with Crippen LogP contribution in [0, 0.1) is 6.92 Å². The molecule has 2 rings (SSSR count). The molecule has 0 radical (unpaired) electrons. The van der Waals surface area contributed by atoms with Crippen molar-refractivity contribution in [3.05, 3.63) is 58.2 Å². The molecule has 0 fully saturated rings. The van der Waals surface area contributed by atoms with Crippen LogP contribution in [0.25, 0.3) is 0 Å². The zero-order valence-corrected chi connectivity index (χ0v) is 20.9. The maximum Gasteiger partial charge on any atom is 0.430 e. The lowest BCUT2D eigenvalue weighted by Crippen LogP contribution is -2.50. The van der Waals surface area contributed by atoms with Crippen molar-refractivity contribution in [3.8, 4) is 0 Å². The molecule has 0 spiro atoms. The summed E-state index contributed by atoms with van der Waals surface area (Å²) >= 11 is 3.39. The van der Waals surface area contributed by atoms with Crippen molar-refractivity contribution >= 4 is 39.7 Å². The Morgan fingerprint density at radius 1 is 1.18 bits per heavy atom. The number of amides is 2. The molecule has 2 N–H and O–H groups in total. The molecule has 1 heterocycles. The average Bonchev–Trinajstić information content (AvgIpc) is 2.72. The summed E-state index contributed by atoms with van der Waals surface area (Å²) in [5.41, 5.74) is 3.65. The van der Waals surface area contributed by atoms with E-state index in [-0.39, 0.29) is 18.8 Å². The van der Waals surface area contributed by atoms with E-state index in [9.17, 15) is 14.4 Å². The van der Waals surface area contributed by atoms with Gasteiger partial charge in [0.05, 0.1) is 26.1 Å². The number of carbonyl (C=O) groups excluding carboxylic acids is 3. The van der Waals surface area contributed by atoms with Crippen LogP contribution in [0.4, 0.5) is 10.6 Å². The first-order valence-corrected chi connectivity index (χ1v) is 11.1. The number of hydrogen-bond donors (Lipinski definition) is 2. The molecule has 10 heteroatoms. The lowest BCUT2D eigenvalue weighted by molar-refractivity contribution is -0.141. The van der Waals surface area contributed by atoms with Gasteiger partial charge in [0, 0.05) is 10.7 Å². The molecule has 1 aromatic heterocycles. The summed E-state index contributed by atoms with van der Waals surface area (Å²) in [6.45, 7) is 6.83. The minimum absolute atomic E-state index is 0.0477. The molecular weight excluding hydrogens is 492 g/mol. The molecule has 33 heavy (non-hydrogen) atoms. The standard InChI is InChI=1S/C23H29BrN4O5/c1-15-9-10-25-19(11-15)28(22(31)33-23(2,3)4)26-14-20(29)27-18(13-21(30)32-5)16-7-6-8-17(24)12-16/h6-12,18,26H,13-14H2,1-5H3,(H,27,29)/t18-/m0/s1. The van der Waals surface area contributed by atoms with Crippen LogP contribution >= 0.6 is 15.9 Å². The number of methoxy groups -OCH3 is 1. The summed E-state index contributed by atoms with van der Waals surface area (Å²) in [5, 5.41) is 3.90. The number of aryl methyl sites for hydroxylation is 1. The van der Waals surface area contributed by atoms with Gasteiger partial charge in [0.1, 0.15) is 5.60 Å². The number of nitrogens with one attached hydrogen (secondary N) is 2. The molecule has 2 aromatic rings. The highest BCUT2D eigenvalue weighted by Gasteiger charge is 2.26. The molecule has 0 unspecified atom stereocenters. The predicted octanol–water partition coefficient (Wildman–Crippen LogP) is 3.82. The molecule has 0 saturated carbocycles. The van der Waals surface area contributed by atoms with Gasteiger partial charge in [0.25, 0.3) is 0 Å². The van der Waals surface area contributed by atoms with Gasteiger partial charge >= 0.3 is 12.1 Å². The largest absolute Gasteiger partial charge is 0.469 e. The molecule has 0 saturated heterocycles. The van der Waals surface area contributed by atoms with Gasteiger partial charge in [-0.15, -0.1) is 0 Å². The number of carbonyl (C=O) groups is 3. The zero-order valence-electron chi connectivity index (χ0n) is 19.3. The fraction of sp³-hybridized carbons (Fsp3) is 0.391. The van der Waals surface area contributed by atoms with E-state index in [1.807, 2.05) is 25.1 Å². The quantitative estimate of drug-likeness (QED) is 0.402. The Morgan fingerprint density at radius 3 is 2.52 bits per heavy atom. The van der Waals surface area contributed by atoms with Gasteiger partial charge in [-0.3, -0.25) is 9.59 Å². The number of aromatic nitrogens is 1. The van der Waals surface area contributed by atoms with E-state index in [1.54, 1.807) is 45.2 Å². The number of nitrogens with zero attached hydrogens (tertiary/aromatic N) is 2. The highest BCUT2D eigenvalue weighted by Crippen LogP contribution is 2.21. The van der Waals surface area contributed by atoms with Crippen LogP contribution in [-0.2, 0) is 19.1 Å². The Hall–Kier alpha value is -2.98. The molecule has 1 aromatic carbocycles. The number of anilines is 1. The fourth-order valence-corrected chi connectivity index (χ4v) is 3.23. The van der Waals surface area contributed by atoms with Crippen molar-refractivity contribution in [3.63, 3.8) is 0 Å². The molecule has 0 aliphatic carbocycles. The SMILES string of the molecule is COC(=O)C[C@H](NC(=O)CNN(C(=O)OC(C)(C)C)c1cc(C)ccn1)c1cccc(Br)c1. The third-order valence-electron chi connectivity index (χ3n) is 4.29. The summed E-state index contributed by atoms with van der Waals surface area (Å²) in [7, 11) is 1.29. The first-order chi connectivity index (χ1) is 15.5. The third kappa shape index (κ3) is 8.82. The van der Waals surface area contributed by atoms with Crippen LogP contribution in [-0.4, -0.2) is 42.2 Å². The molecule has 0 bridgehead atoms. The summed E-state index contributed by atoms with van der Waals surface area (Å²) in [4.78, 5) is 41.6. The maximum atomic E-state index is 12.8. The van der Waals surface area contributed by atoms with E-state index in [2.05, 4.69) is 31.7 Å². The normalized spacial score (nSPS) is 11.9. The predicted molar refractivity (Wildman–Crippen MR) is 127 cm³/mol. The minimum Gasteiger partial charge on any atom is -0.469 e. The molecule has 178 valence electrons. The van der Waals surface area contributed by atoms with Crippen LogP contribution in [0.2, 0.25) is 0 Å². The van der Waals surface area contributed by atoms with Crippen LogP contribution in [0.1, 0.15) is 44.4 Å². The number of benzene rings is 1. The molecule has 0 aliphatic heterocycles. The fourth-order valence-electron chi connectivity index (χ4n) is 2.81. The van der Waals surface area contributed by atoms with Crippen molar-refractivity contribution in [2.45, 2.75) is 45.8 Å². The van der Waals surface area contributed by atoms with E-state index >= 15 is 0 Å². The van der Waals surface area contributed by atoms with Crippen LogP contribution in [0.3, 0.4) is 0 Å². The number of rotatable bonds is 8. The minimum atomic E-state index is -0.741. The topological polar surface area (TPSA) is 110 Å². The van der Waals surface area contributed by atoms with Gasteiger partial charge in [0.15, 0.2) is 5.82 Å². The first-order valence-electron chi connectivity index (χ1n) is 10.3. The number of pyridine rings is 1. The number of ether oxygens (including phenoxy) is 2. The Labute approximate surface area is 201 Å². The number of halogens is 1. The first kappa shape index (κ1) is 26.3. The Morgan fingerprint density at radius 2 is 1.91 bits per heavy atom. The van der Waals surface area contributed by atoms with Crippen LogP contribution in [0.15, 0.2) is 47.1 Å². The van der Waals surface area contributed by atoms with E-state index in [0.717, 1.165) is 20.6 Å². The highest BCUT2D eigenvalue weighted by molar-refractivity contribution is 9.10. The van der Waals surface area contributed by atoms with Crippen molar-refractivity contribution in [2.24, 2.45) is 0 Å². The van der Waals surface area contributed by atoms with Gasteiger partial charge in [-0.25, -0.2) is 15.2 Å². The highest BCUT2D eigenvalue weighted by atomic mass is 79.9. The molecule has 2 amide bonds. The van der Waals surface area contributed by atoms with Crippen LogP contribution in [0.5, 0.6) is 0 Å². The van der Waals surface area contributed by atoms with Crippen molar-refractivity contribution in [2.75, 3.05) is 18.7 Å². The number of hydrogen-bond acceptors (Lipinski definition) is 7. The average molecular weight is 521 g/mol. The zero-order chi connectivity index (χ0) is 24.6. The Balaban J connectivity index is 2.16. The molecule has 0 aliphatic rings.